The molecule has 29 heavy (non-hydrogen) atoms. The van der Waals surface area contributed by atoms with E-state index in [0.717, 1.165) is 43.0 Å². The van der Waals surface area contributed by atoms with Gasteiger partial charge in [-0.15, -0.1) is 0 Å². The van der Waals surface area contributed by atoms with Crippen LogP contribution in [0.3, 0.4) is 0 Å². The van der Waals surface area contributed by atoms with Crippen molar-refractivity contribution in [1.29, 1.82) is 0 Å². The first-order chi connectivity index (χ1) is 14.2. The molecule has 1 aromatic carbocycles. The smallest absolute Gasteiger partial charge is 0.249 e. The summed E-state index contributed by atoms with van der Waals surface area (Å²) in [6, 6.07) is 13.9. The van der Waals surface area contributed by atoms with Crippen LogP contribution in [0.4, 0.5) is 0 Å². The fourth-order valence-electron chi connectivity index (χ4n) is 3.87. The Morgan fingerprint density at radius 1 is 1.14 bits per heavy atom. The Bertz CT molecular complexity index is 940. The summed E-state index contributed by atoms with van der Waals surface area (Å²) < 4.78 is 7.89. The lowest BCUT2D eigenvalue weighted by atomic mass is 10.2. The van der Waals surface area contributed by atoms with Gasteiger partial charge in [0.05, 0.1) is 12.6 Å². The molecule has 2 aromatic heterocycles. The van der Waals surface area contributed by atoms with E-state index in [1.807, 2.05) is 53.6 Å². The third kappa shape index (κ3) is 4.54. The number of benzene rings is 1. The van der Waals surface area contributed by atoms with Crippen LogP contribution >= 0.6 is 0 Å². The highest BCUT2D eigenvalue weighted by Crippen LogP contribution is 2.32. The van der Waals surface area contributed by atoms with Crippen LogP contribution in [0.2, 0.25) is 0 Å². The van der Waals surface area contributed by atoms with E-state index >= 15 is 0 Å². The molecule has 0 aliphatic carbocycles. The van der Waals surface area contributed by atoms with Crippen LogP contribution in [-0.2, 0) is 22.7 Å². The van der Waals surface area contributed by atoms with Gasteiger partial charge < -0.3 is 14.2 Å². The van der Waals surface area contributed by atoms with Crippen molar-refractivity contribution in [1.82, 2.24) is 19.4 Å². The minimum atomic E-state index is -0.00152. The highest BCUT2D eigenvalue weighted by atomic mass is 16.5. The Balaban J connectivity index is 1.43. The van der Waals surface area contributed by atoms with Crippen molar-refractivity contribution in [3.8, 4) is 0 Å². The summed E-state index contributed by atoms with van der Waals surface area (Å²) in [5, 5.41) is 0. The molecule has 1 aliphatic rings. The molecule has 6 nitrogen and oxygen atoms in total. The second kappa shape index (κ2) is 9.01. The highest BCUT2D eigenvalue weighted by Gasteiger charge is 2.33. The number of nitrogens with zero attached hydrogens (tertiary/aromatic N) is 4. The van der Waals surface area contributed by atoms with E-state index in [-0.39, 0.29) is 18.6 Å². The van der Waals surface area contributed by atoms with E-state index in [1.54, 1.807) is 12.4 Å². The molecule has 0 radical (unpaired) electrons. The zero-order valence-electron chi connectivity index (χ0n) is 16.7. The SMILES string of the molecule is Cc1cnc(C2CCCN2C(=O)COCc2ccccc2)n1Cc1ccncc1. The number of amides is 1. The molecule has 1 aliphatic heterocycles. The van der Waals surface area contributed by atoms with Crippen molar-refractivity contribution in [3.05, 3.63) is 83.7 Å². The van der Waals surface area contributed by atoms with Gasteiger partial charge in [0.25, 0.3) is 0 Å². The second-order valence-corrected chi connectivity index (χ2v) is 7.42. The summed E-state index contributed by atoms with van der Waals surface area (Å²) in [5.41, 5.74) is 3.34. The topological polar surface area (TPSA) is 60.3 Å². The number of pyridine rings is 1. The van der Waals surface area contributed by atoms with Crippen molar-refractivity contribution < 1.29 is 9.53 Å². The van der Waals surface area contributed by atoms with Gasteiger partial charge in [0.2, 0.25) is 5.91 Å². The van der Waals surface area contributed by atoms with Crippen LogP contribution < -0.4 is 0 Å². The first kappa shape index (κ1) is 19.3. The minimum Gasteiger partial charge on any atom is -0.367 e. The first-order valence-corrected chi connectivity index (χ1v) is 10.0. The molecule has 1 unspecified atom stereocenters. The molecule has 0 saturated carbocycles. The maximum atomic E-state index is 12.9. The van der Waals surface area contributed by atoms with Crippen molar-refractivity contribution in [2.75, 3.05) is 13.2 Å². The third-order valence-corrected chi connectivity index (χ3v) is 5.38. The normalized spacial score (nSPS) is 16.3. The molecule has 1 saturated heterocycles. The zero-order chi connectivity index (χ0) is 20.1. The Labute approximate surface area is 171 Å². The van der Waals surface area contributed by atoms with Gasteiger partial charge >= 0.3 is 0 Å². The van der Waals surface area contributed by atoms with Crippen molar-refractivity contribution in [3.63, 3.8) is 0 Å². The van der Waals surface area contributed by atoms with Crippen LogP contribution in [0.5, 0.6) is 0 Å². The molecule has 3 heterocycles. The Morgan fingerprint density at radius 3 is 2.72 bits per heavy atom. The summed E-state index contributed by atoms with van der Waals surface area (Å²) in [6.07, 6.45) is 7.41. The lowest BCUT2D eigenvalue weighted by Crippen LogP contribution is -2.34. The molecule has 3 aromatic rings. The number of rotatable bonds is 7. The predicted octanol–water partition coefficient (Wildman–Crippen LogP) is 3.52. The average Bonchev–Trinajstić information content (AvgIpc) is 3.37. The van der Waals surface area contributed by atoms with E-state index in [4.69, 9.17) is 4.74 Å². The van der Waals surface area contributed by atoms with Crippen LogP contribution in [0, 0.1) is 6.92 Å². The number of imidazole rings is 1. The Kier molecular flexibility index (Phi) is 6.00. The fourth-order valence-corrected chi connectivity index (χ4v) is 3.87. The van der Waals surface area contributed by atoms with Crippen LogP contribution in [0.15, 0.2) is 61.1 Å². The van der Waals surface area contributed by atoms with E-state index in [2.05, 4.69) is 21.5 Å². The van der Waals surface area contributed by atoms with Gasteiger partial charge in [-0.05, 0) is 43.0 Å². The molecule has 6 heteroatoms. The summed E-state index contributed by atoms with van der Waals surface area (Å²) in [7, 11) is 0. The standard InChI is InChI=1S/C23H26N4O2/c1-18-14-25-23(27(18)15-19-9-11-24-12-10-19)21-8-5-13-26(21)22(28)17-29-16-20-6-3-2-4-7-20/h2-4,6-7,9-12,14,21H,5,8,13,15-17H2,1H3. The molecule has 1 amide bonds. The Hall–Kier alpha value is -2.99. The van der Waals surface area contributed by atoms with Gasteiger partial charge in [-0.3, -0.25) is 9.78 Å². The number of aryl methyl sites for hydroxylation is 1. The largest absolute Gasteiger partial charge is 0.367 e. The van der Waals surface area contributed by atoms with E-state index in [1.165, 1.54) is 5.56 Å². The first-order valence-electron chi connectivity index (χ1n) is 10.0. The summed E-state index contributed by atoms with van der Waals surface area (Å²) in [5.74, 6) is 0.979. The van der Waals surface area contributed by atoms with Crippen molar-refractivity contribution >= 4 is 5.91 Å². The number of carbonyl (C=O) groups excluding carboxylic acids is 1. The van der Waals surface area contributed by atoms with Crippen LogP contribution in [0.1, 0.15) is 41.5 Å². The van der Waals surface area contributed by atoms with Gasteiger partial charge in [0.15, 0.2) is 0 Å². The van der Waals surface area contributed by atoms with Gasteiger partial charge in [0.1, 0.15) is 12.4 Å². The maximum absolute atomic E-state index is 12.9. The molecule has 0 bridgehead atoms. The van der Waals surface area contributed by atoms with Crippen LogP contribution in [0.25, 0.3) is 0 Å². The summed E-state index contributed by atoms with van der Waals surface area (Å²) in [6.45, 7) is 4.07. The number of hydrogen-bond donors (Lipinski definition) is 0. The second-order valence-electron chi connectivity index (χ2n) is 7.42. The van der Waals surface area contributed by atoms with Gasteiger partial charge in [-0.25, -0.2) is 4.98 Å². The van der Waals surface area contributed by atoms with E-state index < -0.39 is 0 Å². The number of likely N-dealkylation sites (tertiary alicyclic amines) is 1. The van der Waals surface area contributed by atoms with Crippen molar-refractivity contribution in [2.24, 2.45) is 0 Å². The molecule has 1 fully saturated rings. The number of aromatic nitrogens is 3. The third-order valence-electron chi connectivity index (χ3n) is 5.38. The number of ether oxygens (including phenoxy) is 1. The average molecular weight is 390 g/mol. The van der Waals surface area contributed by atoms with Gasteiger partial charge in [-0.2, -0.15) is 0 Å². The molecular weight excluding hydrogens is 364 g/mol. The Morgan fingerprint density at radius 2 is 1.93 bits per heavy atom. The number of hydrogen-bond acceptors (Lipinski definition) is 4. The van der Waals surface area contributed by atoms with Crippen LogP contribution in [-0.4, -0.2) is 38.5 Å². The molecule has 0 N–H and O–H groups in total. The number of carbonyl (C=O) groups is 1. The highest BCUT2D eigenvalue weighted by molar-refractivity contribution is 5.78. The van der Waals surface area contributed by atoms with E-state index in [9.17, 15) is 4.79 Å². The lowest BCUT2D eigenvalue weighted by Gasteiger charge is -2.25. The molecule has 1 atom stereocenters. The predicted molar refractivity (Wildman–Crippen MR) is 110 cm³/mol. The zero-order valence-corrected chi connectivity index (χ0v) is 16.7. The summed E-state index contributed by atoms with van der Waals surface area (Å²) >= 11 is 0. The van der Waals surface area contributed by atoms with Crippen molar-refractivity contribution in [2.45, 2.75) is 39.0 Å². The monoisotopic (exact) mass is 390 g/mol. The molecule has 0 spiro atoms. The summed E-state index contributed by atoms with van der Waals surface area (Å²) in [4.78, 5) is 23.5. The fraction of sp³-hybridized carbons (Fsp3) is 0.348. The molecular formula is C23H26N4O2. The van der Waals surface area contributed by atoms with E-state index in [0.29, 0.717) is 6.61 Å². The quantitative estimate of drug-likeness (QED) is 0.619. The maximum Gasteiger partial charge on any atom is 0.249 e. The van der Waals surface area contributed by atoms with Gasteiger partial charge in [0, 0.05) is 37.4 Å². The minimum absolute atomic E-state index is 0.00152. The molecule has 150 valence electrons. The lowest BCUT2D eigenvalue weighted by molar-refractivity contribution is -0.137. The van der Waals surface area contributed by atoms with Gasteiger partial charge in [-0.1, -0.05) is 30.3 Å². The molecule has 4 rings (SSSR count).